The molecular weight excluding hydrogens is 238 g/mol. The zero-order valence-electron chi connectivity index (χ0n) is 8.85. The van der Waals surface area contributed by atoms with E-state index < -0.39 is 0 Å². The van der Waals surface area contributed by atoms with Gasteiger partial charge in [0, 0.05) is 11.8 Å². The molecule has 1 aliphatic rings. The van der Waals surface area contributed by atoms with Gasteiger partial charge in [-0.05, 0) is 47.2 Å². The van der Waals surface area contributed by atoms with Gasteiger partial charge in [0.25, 0.3) is 0 Å². The molecule has 1 aliphatic carbocycles. The van der Waals surface area contributed by atoms with Gasteiger partial charge in [0.2, 0.25) is 5.16 Å². The van der Waals surface area contributed by atoms with E-state index in [1.165, 1.54) is 11.8 Å². The molecule has 17 heavy (non-hydrogen) atoms. The van der Waals surface area contributed by atoms with Crippen molar-refractivity contribution in [3.8, 4) is 0 Å². The van der Waals surface area contributed by atoms with Gasteiger partial charge in [-0.25, -0.2) is 9.67 Å². The maximum Gasteiger partial charge on any atom is 0.215 e. The number of carbonyl (C=O) groups excluding carboxylic acids is 1. The number of hydrogen-bond donors (Lipinski definition) is 0. The van der Waals surface area contributed by atoms with Crippen LogP contribution in [0.1, 0.15) is 29.2 Å². The van der Waals surface area contributed by atoms with Gasteiger partial charge in [-0.1, -0.05) is 0 Å². The minimum Gasteiger partial charge on any atom is -0.298 e. The first kappa shape index (κ1) is 10.4. The summed E-state index contributed by atoms with van der Waals surface area (Å²) in [6.07, 6.45) is 4.67. The highest BCUT2D eigenvalue weighted by Crippen LogP contribution is 2.37. The van der Waals surface area contributed by atoms with Crippen molar-refractivity contribution < 1.29 is 4.79 Å². The van der Waals surface area contributed by atoms with Gasteiger partial charge < -0.3 is 0 Å². The molecule has 6 nitrogen and oxygen atoms in total. The molecule has 7 heteroatoms. The quantitative estimate of drug-likeness (QED) is 0.760. The van der Waals surface area contributed by atoms with E-state index in [9.17, 15) is 4.79 Å². The Morgan fingerprint density at radius 2 is 2.35 bits per heavy atom. The normalized spacial score (nSPS) is 14.8. The van der Waals surface area contributed by atoms with Crippen molar-refractivity contribution in [1.82, 2.24) is 25.2 Å². The lowest BCUT2D eigenvalue weighted by molar-refractivity contribution is 0.112. The highest BCUT2D eigenvalue weighted by Gasteiger charge is 2.28. The Labute approximate surface area is 101 Å². The molecular formula is C10H9N5OS. The summed E-state index contributed by atoms with van der Waals surface area (Å²) in [5.41, 5.74) is 0.558. The first-order chi connectivity index (χ1) is 8.38. The van der Waals surface area contributed by atoms with Crippen molar-refractivity contribution in [3.05, 3.63) is 23.9 Å². The lowest BCUT2D eigenvalue weighted by atomic mass is 10.3. The molecule has 0 atom stereocenters. The van der Waals surface area contributed by atoms with Crippen molar-refractivity contribution in [1.29, 1.82) is 0 Å². The second-order valence-electron chi connectivity index (χ2n) is 3.75. The lowest BCUT2D eigenvalue weighted by Gasteiger charge is -2.02. The van der Waals surface area contributed by atoms with Gasteiger partial charge in [-0.15, -0.1) is 5.10 Å². The fourth-order valence-electron chi connectivity index (χ4n) is 1.47. The molecule has 0 aromatic carbocycles. The molecule has 0 N–H and O–H groups in total. The van der Waals surface area contributed by atoms with Crippen molar-refractivity contribution in [2.75, 3.05) is 0 Å². The van der Waals surface area contributed by atoms with E-state index in [2.05, 4.69) is 20.5 Å². The third-order valence-electron chi connectivity index (χ3n) is 2.47. The van der Waals surface area contributed by atoms with Crippen molar-refractivity contribution in [2.24, 2.45) is 0 Å². The third-order valence-corrected chi connectivity index (χ3v) is 3.46. The molecule has 0 bridgehead atoms. The van der Waals surface area contributed by atoms with Crippen molar-refractivity contribution in [3.63, 3.8) is 0 Å². The van der Waals surface area contributed by atoms with E-state index in [4.69, 9.17) is 0 Å². The Kier molecular flexibility index (Phi) is 2.60. The monoisotopic (exact) mass is 247 g/mol. The van der Waals surface area contributed by atoms with Crippen LogP contribution in [0.3, 0.4) is 0 Å². The summed E-state index contributed by atoms with van der Waals surface area (Å²) in [7, 11) is 0. The molecule has 0 saturated heterocycles. The van der Waals surface area contributed by atoms with Gasteiger partial charge in [-0.2, -0.15) is 0 Å². The Balaban J connectivity index is 1.90. The molecule has 1 saturated carbocycles. The molecule has 1 fully saturated rings. The second-order valence-corrected chi connectivity index (χ2v) is 4.71. The average molecular weight is 247 g/mol. The Hall–Kier alpha value is -1.76. The van der Waals surface area contributed by atoms with Crippen LogP contribution in [-0.4, -0.2) is 31.5 Å². The summed E-state index contributed by atoms with van der Waals surface area (Å²) in [5, 5.41) is 12.9. The molecule has 2 aromatic rings. The van der Waals surface area contributed by atoms with Crippen LogP contribution < -0.4 is 0 Å². The van der Waals surface area contributed by atoms with Crippen LogP contribution in [0.15, 0.2) is 28.5 Å². The largest absolute Gasteiger partial charge is 0.298 e. The molecule has 0 radical (unpaired) electrons. The standard InChI is InChI=1S/C10H9N5OS/c16-6-7-2-1-5-11-9(7)17-10-12-13-14-15(10)8-3-4-8/h1-2,5-6,8H,3-4H2. The summed E-state index contributed by atoms with van der Waals surface area (Å²) < 4.78 is 1.80. The number of carbonyl (C=O) groups is 1. The Morgan fingerprint density at radius 1 is 1.47 bits per heavy atom. The van der Waals surface area contributed by atoms with Crippen LogP contribution in [0.2, 0.25) is 0 Å². The van der Waals surface area contributed by atoms with E-state index in [0.717, 1.165) is 19.1 Å². The fourth-order valence-corrected chi connectivity index (χ4v) is 2.34. The minimum absolute atomic E-state index is 0.413. The van der Waals surface area contributed by atoms with E-state index >= 15 is 0 Å². The molecule has 0 amide bonds. The third kappa shape index (κ3) is 2.05. The number of aromatic nitrogens is 5. The molecule has 0 unspecified atom stereocenters. The average Bonchev–Trinajstić information content (AvgIpc) is 3.11. The van der Waals surface area contributed by atoms with Crippen LogP contribution in [0, 0.1) is 0 Å². The zero-order valence-corrected chi connectivity index (χ0v) is 9.67. The minimum atomic E-state index is 0.413. The van der Waals surface area contributed by atoms with Crippen LogP contribution in [0.25, 0.3) is 0 Å². The summed E-state index contributed by atoms with van der Waals surface area (Å²) in [6.45, 7) is 0. The first-order valence-electron chi connectivity index (χ1n) is 5.24. The number of tetrazole rings is 1. The summed E-state index contributed by atoms with van der Waals surface area (Å²) in [4.78, 5) is 15.0. The number of hydrogen-bond acceptors (Lipinski definition) is 6. The SMILES string of the molecule is O=Cc1cccnc1Sc1nnnn1C1CC1. The molecule has 2 heterocycles. The lowest BCUT2D eigenvalue weighted by Crippen LogP contribution is -1.99. The predicted octanol–water partition coefficient (Wildman–Crippen LogP) is 1.37. The van der Waals surface area contributed by atoms with Gasteiger partial charge >= 0.3 is 0 Å². The van der Waals surface area contributed by atoms with Gasteiger partial charge in [0.05, 0.1) is 6.04 Å². The van der Waals surface area contributed by atoms with Crippen molar-refractivity contribution >= 4 is 18.0 Å². The van der Waals surface area contributed by atoms with Gasteiger partial charge in [0.15, 0.2) is 6.29 Å². The smallest absolute Gasteiger partial charge is 0.215 e. The zero-order chi connectivity index (χ0) is 11.7. The Bertz CT molecular complexity index is 551. The molecule has 3 rings (SSSR count). The molecule has 2 aromatic heterocycles. The summed E-state index contributed by atoms with van der Waals surface area (Å²) in [5.74, 6) is 0. The maximum absolute atomic E-state index is 10.9. The van der Waals surface area contributed by atoms with E-state index in [-0.39, 0.29) is 0 Å². The molecule has 86 valence electrons. The number of nitrogens with zero attached hydrogens (tertiary/aromatic N) is 5. The van der Waals surface area contributed by atoms with E-state index in [1.807, 2.05) is 0 Å². The summed E-state index contributed by atoms with van der Waals surface area (Å²) >= 11 is 1.32. The van der Waals surface area contributed by atoms with Crippen LogP contribution in [-0.2, 0) is 0 Å². The highest BCUT2D eigenvalue weighted by atomic mass is 32.2. The van der Waals surface area contributed by atoms with Crippen molar-refractivity contribution in [2.45, 2.75) is 29.1 Å². The number of pyridine rings is 1. The number of aldehydes is 1. The Morgan fingerprint density at radius 3 is 3.12 bits per heavy atom. The topological polar surface area (TPSA) is 73.6 Å². The molecule has 0 spiro atoms. The molecule has 0 aliphatic heterocycles. The van der Waals surface area contributed by atoms with Crippen LogP contribution >= 0.6 is 11.8 Å². The first-order valence-corrected chi connectivity index (χ1v) is 6.06. The van der Waals surface area contributed by atoms with Gasteiger partial charge in [0.1, 0.15) is 5.03 Å². The van der Waals surface area contributed by atoms with E-state index in [0.29, 0.717) is 21.8 Å². The highest BCUT2D eigenvalue weighted by molar-refractivity contribution is 7.99. The van der Waals surface area contributed by atoms with Gasteiger partial charge in [-0.3, -0.25) is 4.79 Å². The number of rotatable bonds is 4. The van der Waals surface area contributed by atoms with Crippen LogP contribution in [0.4, 0.5) is 0 Å². The summed E-state index contributed by atoms with van der Waals surface area (Å²) in [6, 6.07) is 3.88. The van der Waals surface area contributed by atoms with E-state index in [1.54, 1.807) is 23.0 Å². The predicted molar refractivity (Wildman–Crippen MR) is 59.8 cm³/mol. The fraction of sp³-hybridized carbons (Fsp3) is 0.300. The maximum atomic E-state index is 10.9. The van der Waals surface area contributed by atoms with Crippen LogP contribution in [0.5, 0.6) is 0 Å². The second kappa shape index (κ2) is 4.25.